The van der Waals surface area contributed by atoms with Gasteiger partial charge in [0, 0.05) is 31.9 Å². The maximum atomic E-state index is 13.1. The van der Waals surface area contributed by atoms with Crippen molar-refractivity contribution in [2.45, 2.75) is 18.4 Å². The van der Waals surface area contributed by atoms with Crippen molar-refractivity contribution < 1.29 is 18.0 Å². The Kier molecular flexibility index (Phi) is 7.55. The molecule has 9 heteroatoms. The van der Waals surface area contributed by atoms with Gasteiger partial charge in [-0.1, -0.05) is 48.5 Å². The van der Waals surface area contributed by atoms with Gasteiger partial charge >= 0.3 is 0 Å². The van der Waals surface area contributed by atoms with Crippen molar-refractivity contribution in [3.8, 4) is 11.1 Å². The number of nitrogens with two attached hydrogens (primary N) is 1. The van der Waals surface area contributed by atoms with Crippen molar-refractivity contribution in [3.05, 3.63) is 108 Å². The second-order valence-electron chi connectivity index (χ2n) is 8.32. The van der Waals surface area contributed by atoms with Crippen molar-refractivity contribution in [1.82, 2.24) is 9.29 Å². The van der Waals surface area contributed by atoms with Crippen LogP contribution in [0.4, 0.5) is 11.4 Å². The number of hydrogen-bond donors (Lipinski definition) is 3. The van der Waals surface area contributed by atoms with E-state index < -0.39 is 10.0 Å². The van der Waals surface area contributed by atoms with E-state index in [1.54, 1.807) is 54.6 Å². The van der Waals surface area contributed by atoms with E-state index >= 15 is 0 Å². The number of carbonyl (C=O) groups excluding carboxylic acids is 2. The Hall–Kier alpha value is -4.63. The van der Waals surface area contributed by atoms with Gasteiger partial charge in [-0.3, -0.25) is 9.59 Å². The molecule has 0 aliphatic rings. The maximum absolute atomic E-state index is 13.1. The van der Waals surface area contributed by atoms with Gasteiger partial charge in [0.05, 0.1) is 16.3 Å². The predicted octanol–water partition coefficient (Wildman–Crippen LogP) is 4.26. The summed E-state index contributed by atoms with van der Waals surface area (Å²) in [5, 5.41) is 5.43. The Balaban J connectivity index is 1.43. The molecule has 37 heavy (non-hydrogen) atoms. The first-order valence-electron chi connectivity index (χ1n) is 11.4. The maximum Gasteiger partial charge on any atom is 0.267 e. The topological polar surface area (TPSA) is 123 Å². The number of benzene rings is 3. The molecule has 2 amide bonds. The molecule has 0 bridgehead atoms. The minimum absolute atomic E-state index is 0.0918. The van der Waals surface area contributed by atoms with Crippen LogP contribution >= 0.6 is 0 Å². The normalized spacial score (nSPS) is 11.4. The van der Waals surface area contributed by atoms with Gasteiger partial charge in [0.25, 0.3) is 10.0 Å². The molecule has 8 nitrogen and oxygen atoms in total. The van der Waals surface area contributed by atoms with E-state index in [2.05, 4.69) is 10.6 Å². The Morgan fingerprint density at radius 2 is 1.57 bits per heavy atom. The quantitative estimate of drug-likeness (QED) is 0.239. The van der Waals surface area contributed by atoms with Gasteiger partial charge in [0.2, 0.25) is 11.8 Å². The van der Waals surface area contributed by atoms with Crippen molar-refractivity contribution in [1.29, 1.82) is 0 Å². The highest BCUT2D eigenvalue weighted by Gasteiger charge is 2.16. The molecule has 0 unspecified atom stereocenters. The lowest BCUT2D eigenvalue weighted by atomic mass is 10.0. The van der Waals surface area contributed by atoms with Crippen molar-refractivity contribution >= 4 is 39.3 Å². The number of rotatable bonds is 8. The van der Waals surface area contributed by atoms with Gasteiger partial charge in [0.15, 0.2) is 0 Å². The molecule has 4 N–H and O–H groups in total. The number of nitrogens with zero attached hydrogens (tertiary/aromatic N) is 1. The summed E-state index contributed by atoms with van der Waals surface area (Å²) in [6.45, 7) is 1.92. The molecule has 1 heterocycles. The number of amides is 2. The van der Waals surface area contributed by atoms with Crippen molar-refractivity contribution in [2.75, 3.05) is 11.1 Å². The summed E-state index contributed by atoms with van der Waals surface area (Å²) in [6, 6.07) is 22.8. The number of nitrogen functional groups attached to an aromatic ring is 1. The zero-order chi connectivity index (χ0) is 26.4. The molecule has 0 saturated heterocycles. The second kappa shape index (κ2) is 11.0. The molecule has 188 valence electrons. The van der Waals surface area contributed by atoms with E-state index in [-0.39, 0.29) is 16.7 Å². The Labute approximate surface area is 215 Å². The van der Waals surface area contributed by atoms with Crippen LogP contribution in [0.25, 0.3) is 17.2 Å². The SMILES string of the molecule is CC(=O)NCc1ccc(-c2ccc(S(=O)(=O)n3ccc(C=CC(=O)Nc4ccccc4N)c3)cc2)cc1. The molecule has 0 spiro atoms. The summed E-state index contributed by atoms with van der Waals surface area (Å²) in [4.78, 5) is 23.4. The molecule has 0 aliphatic carbocycles. The minimum Gasteiger partial charge on any atom is -0.397 e. The monoisotopic (exact) mass is 514 g/mol. The molecule has 0 radical (unpaired) electrons. The van der Waals surface area contributed by atoms with Crippen molar-refractivity contribution in [3.63, 3.8) is 0 Å². The van der Waals surface area contributed by atoms with E-state index in [4.69, 9.17) is 5.73 Å². The van der Waals surface area contributed by atoms with Crippen LogP contribution in [0.3, 0.4) is 0 Å². The zero-order valence-electron chi connectivity index (χ0n) is 20.1. The van der Waals surface area contributed by atoms with Gasteiger partial charge < -0.3 is 16.4 Å². The van der Waals surface area contributed by atoms with Crippen LogP contribution < -0.4 is 16.4 Å². The summed E-state index contributed by atoms with van der Waals surface area (Å²) in [5.41, 5.74) is 10.1. The molecule has 0 aliphatic heterocycles. The molecular formula is C28H26N4O4S. The molecule has 4 aromatic rings. The van der Waals surface area contributed by atoms with Crippen LogP contribution in [-0.4, -0.2) is 24.2 Å². The molecule has 0 atom stereocenters. The average molecular weight is 515 g/mol. The summed E-state index contributed by atoms with van der Waals surface area (Å²) < 4.78 is 27.3. The first-order chi connectivity index (χ1) is 17.7. The zero-order valence-corrected chi connectivity index (χ0v) is 20.9. The summed E-state index contributed by atoms with van der Waals surface area (Å²) in [5.74, 6) is -0.474. The number of nitrogens with one attached hydrogen (secondary N) is 2. The smallest absolute Gasteiger partial charge is 0.267 e. The van der Waals surface area contributed by atoms with Crippen LogP contribution in [0.15, 0.2) is 102 Å². The first-order valence-corrected chi connectivity index (χ1v) is 12.9. The highest BCUT2D eigenvalue weighted by molar-refractivity contribution is 7.90. The highest BCUT2D eigenvalue weighted by Crippen LogP contribution is 2.24. The fourth-order valence-corrected chi connectivity index (χ4v) is 4.79. The number of para-hydroxylation sites is 2. The third-order valence-corrected chi connectivity index (χ3v) is 7.24. The number of aromatic nitrogens is 1. The second-order valence-corrected chi connectivity index (χ2v) is 10.2. The summed E-state index contributed by atoms with van der Waals surface area (Å²) in [7, 11) is -3.81. The van der Waals surface area contributed by atoms with Gasteiger partial charge in [0.1, 0.15) is 0 Å². The molecule has 4 rings (SSSR count). The Bertz CT molecular complexity index is 1550. The summed E-state index contributed by atoms with van der Waals surface area (Å²) >= 11 is 0. The van der Waals surface area contributed by atoms with Crippen LogP contribution in [0.2, 0.25) is 0 Å². The third kappa shape index (κ3) is 6.33. The van der Waals surface area contributed by atoms with E-state index in [1.807, 2.05) is 24.3 Å². The van der Waals surface area contributed by atoms with Gasteiger partial charge in [-0.25, -0.2) is 12.4 Å². The predicted molar refractivity (Wildman–Crippen MR) is 145 cm³/mol. The molecule has 1 aromatic heterocycles. The first kappa shape index (κ1) is 25.5. The minimum atomic E-state index is -3.81. The largest absolute Gasteiger partial charge is 0.397 e. The van der Waals surface area contributed by atoms with E-state index in [0.717, 1.165) is 20.7 Å². The number of anilines is 2. The fourth-order valence-electron chi connectivity index (χ4n) is 3.58. The van der Waals surface area contributed by atoms with Gasteiger partial charge in [-0.05, 0) is 58.7 Å². The van der Waals surface area contributed by atoms with Crippen LogP contribution in [-0.2, 0) is 26.2 Å². The van der Waals surface area contributed by atoms with Crippen molar-refractivity contribution in [2.24, 2.45) is 0 Å². The Morgan fingerprint density at radius 1 is 0.919 bits per heavy atom. The van der Waals surface area contributed by atoms with Crippen LogP contribution in [0.5, 0.6) is 0 Å². The standard InChI is InChI=1S/C28H26N4O4S/c1-20(33)30-18-21-6-9-23(10-7-21)24-11-13-25(14-12-24)37(35,36)32-17-16-22(19-32)8-15-28(34)31-27-5-3-2-4-26(27)29/h2-17,19H,18,29H2,1H3,(H,30,33)(H,31,34). The molecule has 3 aromatic carbocycles. The van der Waals surface area contributed by atoms with Gasteiger partial charge in [-0.15, -0.1) is 0 Å². The highest BCUT2D eigenvalue weighted by atomic mass is 32.2. The number of carbonyl (C=O) groups is 2. The average Bonchev–Trinajstić information content (AvgIpc) is 3.38. The van der Waals surface area contributed by atoms with E-state index in [9.17, 15) is 18.0 Å². The van der Waals surface area contributed by atoms with E-state index in [1.165, 1.54) is 31.5 Å². The van der Waals surface area contributed by atoms with Crippen LogP contribution in [0.1, 0.15) is 18.1 Å². The summed E-state index contributed by atoms with van der Waals surface area (Å²) in [6.07, 6.45) is 5.72. The van der Waals surface area contributed by atoms with E-state index in [0.29, 0.717) is 23.5 Å². The molecule has 0 saturated carbocycles. The third-order valence-electron chi connectivity index (χ3n) is 5.59. The Morgan fingerprint density at radius 3 is 2.22 bits per heavy atom. The molecule has 0 fully saturated rings. The lowest BCUT2D eigenvalue weighted by molar-refractivity contribution is -0.119. The fraction of sp³-hybridized carbons (Fsp3) is 0.0714. The van der Waals surface area contributed by atoms with Crippen LogP contribution in [0, 0.1) is 0 Å². The lowest BCUT2D eigenvalue weighted by Gasteiger charge is -2.08. The lowest BCUT2D eigenvalue weighted by Crippen LogP contribution is -2.18. The number of hydrogen-bond acceptors (Lipinski definition) is 5. The molecular weight excluding hydrogens is 488 g/mol. The van der Waals surface area contributed by atoms with Gasteiger partial charge in [-0.2, -0.15) is 0 Å².